The number of hydrogen-bond acceptors (Lipinski definition) is 12. The number of carbonyl (C=O) groups is 3. The van der Waals surface area contributed by atoms with Crippen LogP contribution in [-0.4, -0.2) is 118 Å². The van der Waals surface area contributed by atoms with Crippen molar-refractivity contribution in [2.24, 2.45) is 5.92 Å². The maximum atomic E-state index is 15.4. The fraction of sp³-hybridized carbons (Fsp3) is 0.477. The number of fused-ring (bicyclic) bond motifs is 2. The van der Waals surface area contributed by atoms with Crippen molar-refractivity contribution in [1.82, 2.24) is 35.4 Å². The number of nitrogens with zero attached hydrogens (tertiary/aromatic N) is 8. The first-order valence-electron chi connectivity index (χ1n) is 21.1. The number of amides is 3. The standard InChI is InChI=1S/C44H49FN10O5/c45-35-21-34-29(26-55(43(34)59)36-8-10-39(56)51-42(36)58)20-37(35)53-18-16-52(17-19-53)25-27-11-14-54(15-12-27)44-48-23-30(24-49-44)41(57)50-31-4-6-32(7-5-31)60-38-9-3-28(22-46)40-33(38)2-1-13-47-40/h1-3,9,13,20-21,23-24,27,31-32,36,42,58H,4-8,10-12,14-19,25-26H2,(H,50,57)(H,51,56)/t31-,32-,36-,42?/m0/s1. The summed E-state index contributed by atoms with van der Waals surface area (Å²) >= 11 is 0. The van der Waals surface area contributed by atoms with Crippen LogP contribution in [0.4, 0.5) is 16.0 Å². The summed E-state index contributed by atoms with van der Waals surface area (Å²) in [7, 11) is 0. The van der Waals surface area contributed by atoms with Gasteiger partial charge in [0.2, 0.25) is 11.9 Å². The molecular weight excluding hydrogens is 768 g/mol. The summed E-state index contributed by atoms with van der Waals surface area (Å²) in [4.78, 5) is 59.7. The summed E-state index contributed by atoms with van der Waals surface area (Å²) in [6.45, 7) is 5.89. The van der Waals surface area contributed by atoms with Gasteiger partial charge < -0.3 is 35.2 Å². The molecule has 9 rings (SSSR count). The molecule has 4 fully saturated rings. The zero-order valence-electron chi connectivity index (χ0n) is 33.4. The van der Waals surface area contributed by atoms with Crippen LogP contribution in [0.15, 0.2) is 55.0 Å². The third-order valence-electron chi connectivity index (χ3n) is 12.9. The van der Waals surface area contributed by atoms with Gasteiger partial charge in [0, 0.05) is 94.4 Å². The van der Waals surface area contributed by atoms with E-state index in [1.807, 2.05) is 18.2 Å². The molecule has 5 aliphatic rings. The van der Waals surface area contributed by atoms with E-state index < -0.39 is 18.1 Å². The van der Waals surface area contributed by atoms with Gasteiger partial charge in [-0.2, -0.15) is 5.26 Å². The summed E-state index contributed by atoms with van der Waals surface area (Å²) in [6, 6.07) is 12.2. The quantitative estimate of drug-likeness (QED) is 0.223. The Morgan fingerprint density at radius 3 is 2.45 bits per heavy atom. The minimum Gasteiger partial charge on any atom is -0.490 e. The van der Waals surface area contributed by atoms with Gasteiger partial charge in [0.05, 0.1) is 34.5 Å². The normalized spacial score (nSPS) is 23.9. The van der Waals surface area contributed by atoms with E-state index in [1.54, 1.807) is 35.6 Å². The lowest BCUT2D eigenvalue weighted by Crippen LogP contribution is -2.55. The number of aromatic nitrogens is 3. The highest BCUT2D eigenvalue weighted by molar-refractivity contribution is 5.99. The lowest BCUT2D eigenvalue weighted by molar-refractivity contribution is -0.129. The first-order valence-corrected chi connectivity index (χ1v) is 21.1. The van der Waals surface area contributed by atoms with E-state index in [0.29, 0.717) is 59.3 Å². The van der Waals surface area contributed by atoms with Crippen LogP contribution < -0.4 is 25.2 Å². The van der Waals surface area contributed by atoms with Gasteiger partial charge in [-0.15, -0.1) is 0 Å². The maximum absolute atomic E-state index is 15.4. The number of carbonyl (C=O) groups excluding carboxylic acids is 3. The molecule has 2 aromatic heterocycles. The Labute approximate surface area is 347 Å². The molecule has 16 heteroatoms. The van der Waals surface area contributed by atoms with Crippen LogP contribution in [0, 0.1) is 23.1 Å². The molecule has 3 saturated heterocycles. The summed E-state index contributed by atoms with van der Waals surface area (Å²) in [5, 5.41) is 26.3. The molecule has 4 aliphatic heterocycles. The number of aliphatic hydroxyl groups is 1. The first-order chi connectivity index (χ1) is 29.2. The molecule has 0 spiro atoms. The molecule has 2 aromatic carbocycles. The number of halogens is 1. The van der Waals surface area contributed by atoms with Crippen molar-refractivity contribution >= 4 is 40.3 Å². The molecule has 4 aromatic rings. The number of piperazine rings is 1. The predicted molar refractivity (Wildman–Crippen MR) is 220 cm³/mol. The van der Waals surface area contributed by atoms with Crippen LogP contribution >= 0.6 is 0 Å². The summed E-state index contributed by atoms with van der Waals surface area (Å²) in [5.41, 5.74) is 3.16. The molecule has 0 radical (unpaired) electrons. The Kier molecular flexibility index (Phi) is 11.2. The van der Waals surface area contributed by atoms with Crippen LogP contribution in [0.2, 0.25) is 0 Å². The van der Waals surface area contributed by atoms with Crippen molar-refractivity contribution in [3.63, 3.8) is 0 Å². The second kappa shape index (κ2) is 17.0. The van der Waals surface area contributed by atoms with Gasteiger partial charge in [0.1, 0.15) is 23.9 Å². The molecule has 3 amide bonds. The minimum atomic E-state index is -1.14. The largest absolute Gasteiger partial charge is 0.490 e. The maximum Gasteiger partial charge on any atom is 0.255 e. The highest BCUT2D eigenvalue weighted by Crippen LogP contribution is 2.35. The number of pyridine rings is 1. The van der Waals surface area contributed by atoms with E-state index >= 15 is 4.39 Å². The van der Waals surface area contributed by atoms with Crippen molar-refractivity contribution in [3.8, 4) is 11.8 Å². The monoisotopic (exact) mass is 816 g/mol. The van der Waals surface area contributed by atoms with Gasteiger partial charge >= 0.3 is 0 Å². The van der Waals surface area contributed by atoms with Crippen LogP contribution in [0.5, 0.6) is 5.75 Å². The molecule has 1 aliphatic carbocycles. The average Bonchev–Trinajstić information content (AvgIpc) is 3.58. The van der Waals surface area contributed by atoms with Crippen LogP contribution in [0.25, 0.3) is 10.9 Å². The molecule has 1 unspecified atom stereocenters. The molecule has 6 heterocycles. The van der Waals surface area contributed by atoms with Crippen LogP contribution in [-0.2, 0) is 11.3 Å². The third-order valence-corrected chi connectivity index (χ3v) is 12.9. The van der Waals surface area contributed by atoms with Crippen molar-refractivity contribution in [2.75, 3.05) is 55.6 Å². The van der Waals surface area contributed by atoms with Gasteiger partial charge in [0.25, 0.3) is 11.8 Å². The SMILES string of the molecule is N#Cc1ccc(O[C@H]2CC[C@H](NC(=O)c3cnc(N4CCC(CN5CCN(c6cc7c(cc6F)C(=O)N([C@H]6CCC(=O)NC6O)C7)CC5)CC4)nc3)CC2)c2cccnc12. The molecule has 2 atom stereocenters. The summed E-state index contributed by atoms with van der Waals surface area (Å²) < 4.78 is 21.8. The van der Waals surface area contributed by atoms with Gasteiger partial charge in [0.15, 0.2) is 0 Å². The summed E-state index contributed by atoms with van der Waals surface area (Å²) in [5.74, 6) is 0.717. The molecule has 15 nitrogen and oxygen atoms in total. The lowest BCUT2D eigenvalue weighted by atomic mass is 9.92. The molecular formula is C44H49FN10O5. The number of piperidine rings is 2. The zero-order valence-corrected chi connectivity index (χ0v) is 33.4. The highest BCUT2D eigenvalue weighted by atomic mass is 19.1. The molecule has 60 heavy (non-hydrogen) atoms. The number of anilines is 2. The molecule has 0 bridgehead atoms. The van der Waals surface area contributed by atoms with Crippen LogP contribution in [0.1, 0.15) is 83.2 Å². The fourth-order valence-corrected chi connectivity index (χ4v) is 9.52. The average molecular weight is 817 g/mol. The van der Waals surface area contributed by atoms with Crippen LogP contribution in [0.3, 0.4) is 0 Å². The molecule has 3 N–H and O–H groups in total. The predicted octanol–water partition coefficient (Wildman–Crippen LogP) is 3.75. The van der Waals surface area contributed by atoms with E-state index in [0.717, 1.165) is 87.9 Å². The molecule has 312 valence electrons. The topological polar surface area (TPSA) is 180 Å². The van der Waals surface area contributed by atoms with Crippen molar-refractivity contribution in [3.05, 3.63) is 83.1 Å². The number of ether oxygens (including phenoxy) is 1. The Morgan fingerprint density at radius 2 is 1.72 bits per heavy atom. The van der Waals surface area contributed by atoms with Crippen molar-refractivity contribution in [1.29, 1.82) is 5.26 Å². The number of nitriles is 1. The highest BCUT2D eigenvalue weighted by Gasteiger charge is 2.40. The number of rotatable bonds is 9. The van der Waals surface area contributed by atoms with Crippen molar-refractivity contribution in [2.45, 2.75) is 82.3 Å². The smallest absolute Gasteiger partial charge is 0.255 e. The van der Waals surface area contributed by atoms with Crippen molar-refractivity contribution < 1.29 is 28.6 Å². The minimum absolute atomic E-state index is 0.0135. The number of aliphatic hydroxyl groups excluding tert-OH is 1. The fourth-order valence-electron chi connectivity index (χ4n) is 9.52. The van der Waals surface area contributed by atoms with E-state index in [-0.39, 0.29) is 42.8 Å². The second-order valence-electron chi connectivity index (χ2n) is 16.7. The molecule has 1 saturated carbocycles. The Bertz CT molecular complexity index is 2300. The van der Waals surface area contributed by atoms with Gasteiger partial charge in [-0.05, 0) is 92.8 Å². The van der Waals surface area contributed by atoms with Gasteiger partial charge in [-0.3, -0.25) is 24.3 Å². The lowest BCUT2D eigenvalue weighted by Gasteiger charge is -2.39. The Balaban J connectivity index is 0.701. The third kappa shape index (κ3) is 8.16. The summed E-state index contributed by atoms with van der Waals surface area (Å²) in [6.07, 6.45) is 9.56. The number of benzene rings is 2. The van der Waals surface area contributed by atoms with E-state index in [1.165, 1.54) is 6.07 Å². The van der Waals surface area contributed by atoms with E-state index in [4.69, 9.17) is 4.74 Å². The van der Waals surface area contributed by atoms with E-state index in [9.17, 15) is 24.8 Å². The van der Waals surface area contributed by atoms with Gasteiger partial charge in [-0.25, -0.2) is 14.4 Å². The number of hydrogen-bond donors (Lipinski definition) is 3. The first kappa shape index (κ1) is 39.5. The number of nitrogens with one attached hydrogen (secondary N) is 2. The Hall–Kier alpha value is -5.92. The Morgan fingerprint density at radius 1 is 0.950 bits per heavy atom. The van der Waals surface area contributed by atoms with E-state index in [2.05, 4.69) is 46.4 Å². The second-order valence-corrected chi connectivity index (χ2v) is 16.7. The zero-order chi connectivity index (χ0) is 41.3. The van der Waals surface area contributed by atoms with Gasteiger partial charge in [-0.1, -0.05) is 0 Å².